The van der Waals surface area contributed by atoms with Crippen molar-refractivity contribution in [3.63, 3.8) is 0 Å². The zero-order valence-corrected chi connectivity index (χ0v) is 10.5. The topological polar surface area (TPSA) is 26.7 Å². The third-order valence-corrected chi connectivity index (χ3v) is 3.60. The molecule has 0 aliphatic carbocycles. The van der Waals surface area contributed by atoms with Crippen LogP contribution >= 0.6 is 0 Å². The van der Waals surface area contributed by atoms with Crippen molar-refractivity contribution in [3.05, 3.63) is 48.5 Å². The summed E-state index contributed by atoms with van der Waals surface area (Å²) >= 11 is 0. The number of benzene rings is 2. The lowest BCUT2D eigenvalue weighted by molar-refractivity contribution is 0.474. The summed E-state index contributed by atoms with van der Waals surface area (Å²) in [6.45, 7) is 2.13. The summed E-state index contributed by atoms with van der Waals surface area (Å²) < 4.78 is 0. The molecule has 1 N–H and O–H groups in total. The van der Waals surface area contributed by atoms with E-state index in [0.29, 0.717) is 5.75 Å². The van der Waals surface area contributed by atoms with Crippen molar-refractivity contribution in [1.82, 2.24) is 0 Å². The van der Waals surface area contributed by atoms with Crippen LogP contribution in [0.4, 0.5) is 17.1 Å². The first-order valence-corrected chi connectivity index (χ1v) is 6.09. The number of nitrogens with zero attached hydrogens (tertiary/aromatic N) is 2. The summed E-state index contributed by atoms with van der Waals surface area (Å²) in [5.41, 5.74) is 3.17. The van der Waals surface area contributed by atoms with Crippen molar-refractivity contribution in [2.24, 2.45) is 0 Å². The number of phenolic OH excluding ortho intramolecular Hbond substituents is 1. The van der Waals surface area contributed by atoms with Gasteiger partial charge in [-0.15, -0.1) is 0 Å². The molecule has 3 nitrogen and oxygen atoms in total. The Hall–Kier alpha value is -2.16. The van der Waals surface area contributed by atoms with Crippen LogP contribution < -0.4 is 9.80 Å². The zero-order chi connectivity index (χ0) is 12.7. The molecule has 2 aromatic rings. The van der Waals surface area contributed by atoms with Crippen molar-refractivity contribution in [2.45, 2.75) is 13.1 Å². The van der Waals surface area contributed by atoms with Crippen molar-refractivity contribution in [3.8, 4) is 5.75 Å². The number of aromatic hydroxyl groups is 1. The number of hydrogen-bond donors (Lipinski definition) is 1. The molecule has 1 atom stereocenters. The second-order valence-corrected chi connectivity index (χ2v) is 4.59. The Morgan fingerprint density at radius 3 is 2.11 bits per heavy atom. The van der Waals surface area contributed by atoms with Crippen LogP contribution in [0.2, 0.25) is 0 Å². The quantitative estimate of drug-likeness (QED) is 0.828. The highest BCUT2D eigenvalue weighted by atomic mass is 16.3. The molecular weight excluding hydrogens is 224 g/mol. The van der Waals surface area contributed by atoms with E-state index >= 15 is 0 Å². The Kier molecular flexibility index (Phi) is 2.40. The summed E-state index contributed by atoms with van der Waals surface area (Å²) in [5, 5.41) is 10.0. The second kappa shape index (κ2) is 3.95. The molecule has 2 aromatic carbocycles. The number of fused-ring (bicyclic) bond motifs is 1. The van der Waals surface area contributed by atoms with Gasteiger partial charge in [-0.25, -0.2) is 0 Å². The summed E-state index contributed by atoms with van der Waals surface area (Å²) in [4.78, 5) is 4.37. The van der Waals surface area contributed by atoms with Gasteiger partial charge in [-0.1, -0.05) is 24.3 Å². The Labute approximate surface area is 107 Å². The normalized spacial score (nSPS) is 18.0. The fourth-order valence-corrected chi connectivity index (χ4v) is 2.54. The summed E-state index contributed by atoms with van der Waals surface area (Å²) in [6, 6.07) is 15.7. The lowest BCUT2D eigenvalue weighted by atomic mass is 10.2. The van der Waals surface area contributed by atoms with Crippen LogP contribution in [0.25, 0.3) is 0 Å². The Bertz CT molecular complexity index is 582. The van der Waals surface area contributed by atoms with Gasteiger partial charge in [-0.2, -0.15) is 0 Å². The van der Waals surface area contributed by atoms with Crippen LogP contribution in [0, 0.1) is 0 Å². The van der Waals surface area contributed by atoms with Gasteiger partial charge in [-0.3, -0.25) is 0 Å². The maximum atomic E-state index is 10.0. The van der Waals surface area contributed by atoms with Gasteiger partial charge in [0.2, 0.25) is 0 Å². The molecule has 1 heterocycles. The Morgan fingerprint density at radius 2 is 1.44 bits per heavy atom. The molecule has 18 heavy (non-hydrogen) atoms. The van der Waals surface area contributed by atoms with E-state index in [1.807, 2.05) is 30.3 Å². The first-order valence-electron chi connectivity index (χ1n) is 6.09. The lowest BCUT2D eigenvalue weighted by Gasteiger charge is -2.28. The van der Waals surface area contributed by atoms with Gasteiger partial charge >= 0.3 is 0 Å². The van der Waals surface area contributed by atoms with Crippen LogP contribution in [0.15, 0.2) is 48.5 Å². The molecule has 0 spiro atoms. The molecular formula is C15H16N2O. The van der Waals surface area contributed by atoms with E-state index in [2.05, 4.69) is 35.9 Å². The first kappa shape index (κ1) is 11.0. The van der Waals surface area contributed by atoms with E-state index < -0.39 is 0 Å². The van der Waals surface area contributed by atoms with Gasteiger partial charge in [0, 0.05) is 7.05 Å². The summed E-state index contributed by atoms with van der Waals surface area (Å²) in [5.74, 6) is 0.314. The second-order valence-electron chi connectivity index (χ2n) is 4.59. The smallest absolute Gasteiger partial charge is 0.139 e. The molecule has 0 fully saturated rings. The van der Waals surface area contributed by atoms with Gasteiger partial charge in [0.15, 0.2) is 0 Å². The number of hydrogen-bond acceptors (Lipinski definition) is 3. The SMILES string of the molecule is CC1N(C)c2ccccc2N1c1ccccc1O. The van der Waals surface area contributed by atoms with E-state index in [-0.39, 0.29) is 6.17 Å². The largest absolute Gasteiger partial charge is 0.506 e. The predicted octanol–water partition coefficient (Wildman–Crippen LogP) is 3.33. The molecule has 3 heteroatoms. The Balaban J connectivity index is 2.16. The summed E-state index contributed by atoms with van der Waals surface area (Å²) in [6.07, 6.45) is 0.190. The number of phenols is 1. The van der Waals surface area contributed by atoms with Crippen LogP contribution in [-0.2, 0) is 0 Å². The van der Waals surface area contributed by atoms with Crippen LogP contribution in [0.5, 0.6) is 5.75 Å². The van der Waals surface area contributed by atoms with Crippen LogP contribution in [0.3, 0.4) is 0 Å². The predicted molar refractivity (Wildman–Crippen MR) is 74.6 cm³/mol. The summed E-state index contributed by atoms with van der Waals surface area (Å²) in [7, 11) is 2.07. The molecule has 0 saturated carbocycles. The number of para-hydroxylation sites is 4. The van der Waals surface area contributed by atoms with Crippen molar-refractivity contribution < 1.29 is 5.11 Å². The van der Waals surface area contributed by atoms with Crippen LogP contribution in [-0.4, -0.2) is 18.3 Å². The highest BCUT2D eigenvalue weighted by Gasteiger charge is 2.32. The number of anilines is 3. The van der Waals surface area contributed by atoms with Crippen molar-refractivity contribution in [1.29, 1.82) is 0 Å². The van der Waals surface area contributed by atoms with Gasteiger partial charge < -0.3 is 14.9 Å². The highest BCUT2D eigenvalue weighted by Crippen LogP contribution is 2.45. The van der Waals surface area contributed by atoms with Gasteiger partial charge in [0.05, 0.1) is 17.1 Å². The van der Waals surface area contributed by atoms with E-state index in [4.69, 9.17) is 0 Å². The monoisotopic (exact) mass is 240 g/mol. The Morgan fingerprint density at radius 1 is 0.889 bits per heavy atom. The standard InChI is InChI=1S/C15H16N2O/c1-11-16(2)12-7-3-4-8-13(12)17(11)14-9-5-6-10-15(14)18/h3-11,18H,1-2H3. The average Bonchev–Trinajstić information content (AvgIpc) is 2.64. The molecule has 0 radical (unpaired) electrons. The highest BCUT2D eigenvalue weighted by molar-refractivity contribution is 5.84. The minimum atomic E-state index is 0.190. The molecule has 0 amide bonds. The van der Waals surface area contributed by atoms with Crippen molar-refractivity contribution >= 4 is 17.1 Å². The first-order chi connectivity index (χ1) is 8.70. The van der Waals surface area contributed by atoms with E-state index in [9.17, 15) is 5.11 Å². The molecule has 0 aromatic heterocycles. The maximum Gasteiger partial charge on any atom is 0.139 e. The molecule has 1 unspecified atom stereocenters. The molecule has 1 aliphatic heterocycles. The number of rotatable bonds is 1. The third-order valence-electron chi connectivity index (χ3n) is 3.60. The molecule has 92 valence electrons. The van der Waals surface area contributed by atoms with Crippen LogP contribution in [0.1, 0.15) is 6.92 Å². The molecule has 0 saturated heterocycles. The minimum absolute atomic E-state index is 0.190. The van der Waals surface area contributed by atoms with Gasteiger partial charge in [0.1, 0.15) is 11.9 Å². The van der Waals surface area contributed by atoms with Gasteiger partial charge in [0.25, 0.3) is 0 Å². The lowest BCUT2D eigenvalue weighted by Crippen LogP contribution is -2.35. The van der Waals surface area contributed by atoms with Crippen molar-refractivity contribution in [2.75, 3.05) is 16.8 Å². The minimum Gasteiger partial charge on any atom is -0.506 e. The maximum absolute atomic E-state index is 10.0. The molecule has 0 bridgehead atoms. The fourth-order valence-electron chi connectivity index (χ4n) is 2.54. The van der Waals surface area contributed by atoms with E-state index in [1.54, 1.807) is 6.07 Å². The average molecular weight is 240 g/mol. The molecule has 1 aliphatic rings. The fraction of sp³-hybridized carbons (Fsp3) is 0.200. The molecule has 3 rings (SSSR count). The van der Waals surface area contributed by atoms with Gasteiger partial charge in [-0.05, 0) is 31.2 Å². The third kappa shape index (κ3) is 1.44. The zero-order valence-electron chi connectivity index (χ0n) is 10.5. The van der Waals surface area contributed by atoms with E-state index in [1.165, 1.54) is 5.69 Å². The van der Waals surface area contributed by atoms with E-state index in [0.717, 1.165) is 11.4 Å².